The number of likely N-dealkylation sites (tertiary alicyclic amines) is 1. The summed E-state index contributed by atoms with van der Waals surface area (Å²) in [4.78, 5) is 7.15. The van der Waals surface area contributed by atoms with E-state index in [1.807, 2.05) is 12.1 Å². The van der Waals surface area contributed by atoms with E-state index >= 15 is 0 Å². The topological polar surface area (TPSA) is 30.0 Å². The lowest BCUT2D eigenvalue weighted by atomic mass is 10.1. The highest BCUT2D eigenvalue weighted by atomic mass is 35.5. The van der Waals surface area contributed by atoms with Crippen LogP contribution in [-0.4, -0.2) is 78.3 Å². The van der Waals surface area contributed by atoms with Gasteiger partial charge in [-0.3, -0.25) is 9.80 Å². The minimum atomic E-state index is -0.196. The van der Waals surface area contributed by atoms with Gasteiger partial charge < -0.3 is 10.0 Å². The Bertz CT molecular complexity index is 459. The second-order valence-electron chi connectivity index (χ2n) is 6.29. The van der Waals surface area contributed by atoms with Gasteiger partial charge in [-0.05, 0) is 24.7 Å². The Morgan fingerprint density at radius 3 is 2.33 bits per heavy atom. The quantitative estimate of drug-likeness (QED) is 0.907. The van der Waals surface area contributed by atoms with Gasteiger partial charge >= 0.3 is 0 Å². The van der Waals surface area contributed by atoms with Crippen molar-refractivity contribution in [2.24, 2.45) is 0 Å². The van der Waals surface area contributed by atoms with Crippen LogP contribution in [0.5, 0.6) is 0 Å². The normalized spacial score (nSPS) is 29.1. The maximum atomic E-state index is 10.1. The number of aliphatic hydroxyl groups is 1. The van der Waals surface area contributed by atoms with E-state index in [2.05, 4.69) is 33.9 Å². The van der Waals surface area contributed by atoms with E-state index in [1.165, 1.54) is 5.56 Å². The number of β-amino-alcohol motifs (C(OH)–C–C–N with tert-alkyl or cyclic N) is 1. The molecule has 2 aliphatic heterocycles. The Morgan fingerprint density at radius 2 is 1.76 bits per heavy atom. The monoisotopic (exact) mass is 309 g/mol. The van der Waals surface area contributed by atoms with Gasteiger partial charge in [-0.25, -0.2) is 0 Å². The van der Waals surface area contributed by atoms with Crippen molar-refractivity contribution in [3.8, 4) is 0 Å². The molecular formula is C16H24ClN3O. The molecule has 0 amide bonds. The summed E-state index contributed by atoms with van der Waals surface area (Å²) in [6.07, 6.45) is -0.196. The zero-order valence-electron chi connectivity index (χ0n) is 12.6. The van der Waals surface area contributed by atoms with Crippen LogP contribution >= 0.6 is 11.6 Å². The predicted molar refractivity (Wildman–Crippen MR) is 85.6 cm³/mol. The molecule has 4 nitrogen and oxygen atoms in total. The van der Waals surface area contributed by atoms with Crippen molar-refractivity contribution < 1.29 is 5.11 Å². The van der Waals surface area contributed by atoms with Crippen molar-refractivity contribution in [2.45, 2.75) is 18.7 Å². The molecule has 3 rings (SSSR count). The highest BCUT2D eigenvalue weighted by Gasteiger charge is 2.35. The molecule has 0 spiro atoms. The highest BCUT2D eigenvalue weighted by molar-refractivity contribution is 6.30. The Kier molecular flexibility index (Phi) is 4.82. The molecule has 1 aromatic rings. The number of rotatable bonds is 3. The molecule has 0 saturated carbocycles. The summed E-state index contributed by atoms with van der Waals surface area (Å²) in [6, 6.07) is 8.43. The van der Waals surface area contributed by atoms with Crippen LogP contribution < -0.4 is 0 Å². The van der Waals surface area contributed by atoms with Gasteiger partial charge in [0.15, 0.2) is 0 Å². The van der Waals surface area contributed by atoms with Crippen molar-refractivity contribution in [2.75, 3.05) is 46.3 Å². The molecule has 0 aliphatic carbocycles. The third-order valence-corrected chi connectivity index (χ3v) is 4.89. The SMILES string of the molecule is CN1CC(N2CCN(Cc3ccc(Cl)cc3)CC2)[C@@H](O)C1. The Hall–Kier alpha value is -0.650. The van der Waals surface area contributed by atoms with Crippen molar-refractivity contribution in [3.05, 3.63) is 34.9 Å². The summed E-state index contributed by atoms with van der Waals surface area (Å²) in [5.41, 5.74) is 1.31. The molecular weight excluding hydrogens is 286 g/mol. The molecule has 2 saturated heterocycles. The van der Waals surface area contributed by atoms with Gasteiger partial charge in [0.05, 0.1) is 6.10 Å². The van der Waals surface area contributed by atoms with Crippen LogP contribution in [0.1, 0.15) is 5.56 Å². The summed E-state index contributed by atoms with van der Waals surface area (Å²) in [5, 5.41) is 10.9. The Balaban J connectivity index is 1.50. The summed E-state index contributed by atoms with van der Waals surface area (Å²) in [5.74, 6) is 0. The highest BCUT2D eigenvalue weighted by Crippen LogP contribution is 2.18. The first-order valence-electron chi connectivity index (χ1n) is 7.69. The fourth-order valence-electron chi connectivity index (χ4n) is 3.42. The first kappa shape index (κ1) is 15.3. The molecule has 2 atom stereocenters. The number of benzene rings is 1. The van der Waals surface area contributed by atoms with Crippen LogP contribution in [0, 0.1) is 0 Å². The third-order valence-electron chi connectivity index (χ3n) is 4.64. The second kappa shape index (κ2) is 6.63. The average Bonchev–Trinajstić information content (AvgIpc) is 2.81. The fraction of sp³-hybridized carbons (Fsp3) is 0.625. The van der Waals surface area contributed by atoms with Gasteiger partial charge in [0, 0.05) is 56.9 Å². The number of likely N-dealkylation sites (N-methyl/N-ethyl adjacent to an activating group) is 1. The second-order valence-corrected chi connectivity index (χ2v) is 6.73. The van der Waals surface area contributed by atoms with Crippen LogP contribution in [0.25, 0.3) is 0 Å². The standard InChI is InChI=1S/C16H24ClN3O/c1-18-11-15(16(21)12-18)20-8-6-19(7-9-20)10-13-2-4-14(17)5-3-13/h2-5,15-16,21H,6-12H2,1H3/t15?,16-/m0/s1. The number of hydrogen-bond donors (Lipinski definition) is 1. The van der Waals surface area contributed by atoms with E-state index in [-0.39, 0.29) is 6.10 Å². The first-order valence-corrected chi connectivity index (χ1v) is 8.07. The maximum absolute atomic E-state index is 10.1. The zero-order chi connectivity index (χ0) is 14.8. The molecule has 2 fully saturated rings. The van der Waals surface area contributed by atoms with Crippen molar-refractivity contribution in [1.82, 2.24) is 14.7 Å². The minimum absolute atomic E-state index is 0.196. The molecule has 1 aromatic carbocycles. The van der Waals surface area contributed by atoms with E-state index in [4.69, 9.17) is 11.6 Å². The Labute approximate surface area is 131 Å². The molecule has 21 heavy (non-hydrogen) atoms. The molecule has 0 radical (unpaired) electrons. The van der Waals surface area contributed by atoms with Gasteiger partial charge in [-0.2, -0.15) is 0 Å². The number of aliphatic hydroxyl groups excluding tert-OH is 1. The fourth-order valence-corrected chi connectivity index (χ4v) is 3.54. The van der Waals surface area contributed by atoms with Crippen molar-refractivity contribution in [1.29, 1.82) is 0 Å². The number of piperazine rings is 1. The molecule has 1 unspecified atom stereocenters. The lowest BCUT2D eigenvalue weighted by molar-refractivity contribution is 0.0423. The molecule has 116 valence electrons. The minimum Gasteiger partial charge on any atom is -0.390 e. The van der Waals surface area contributed by atoms with Gasteiger partial charge in [0.25, 0.3) is 0 Å². The summed E-state index contributed by atoms with van der Waals surface area (Å²) in [7, 11) is 2.08. The number of hydrogen-bond acceptors (Lipinski definition) is 4. The van der Waals surface area contributed by atoms with Gasteiger partial charge in [-0.15, -0.1) is 0 Å². The lowest BCUT2D eigenvalue weighted by Crippen LogP contribution is -2.53. The van der Waals surface area contributed by atoms with E-state index in [9.17, 15) is 5.11 Å². The summed E-state index contributed by atoms with van der Waals surface area (Å²) in [6.45, 7) is 6.99. The van der Waals surface area contributed by atoms with Crippen molar-refractivity contribution in [3.63, 3.8) is 0 Å². The van der Waals surface area contributed by atoms with Crippen LogP contribution in [-0.2, 0) is 6.54 Å². The van der Waals surface area contributed by atoms with Crippen LogP contribution in [0.4, 0.5) is 0 Å². The van der Waals surface area contributed by atoms with E-state index in [1.54, 1.807) is 0 Å². The van der Waals surface area contributed by atoms with Crippen LogP contribution in [0.3, 0.4) is 0 Å². The van der Waals surface area contributed by atoms with Gasteiger partial charge in [0.2, 0.25) is 0 Å². The van der Waals surface area contributed by atoms with E-state index in [0.717, 1.165) is 50.8 Å². The van der Waals surface area contributed by atoms with E-state index < -0.39 is 0 Å². The van der Waals surface area contributed by atoms with Crippen LogP contribution in [0.15, 0.2) is 24.3 Å². The molecule has 0 aromatic heterocycles. The predicted octanol–water partition coefficient (Wildman–Crippen LogP) is 1.13. The lowest BCUT2D eigenvalue weighted by Gasteiger charge is -2.38. The van der Waals surface area contributed by atoms with Crippen molar-refractivity contribution >= 4 is 11.6 Å². The van der Waals surface area contributed by atoms with Gasteiger partial charge in [0.1, 0.15) is 0 Å². The maximum Gasteiger partial charge on any atom is 0.0834 e. The number of halogens is 1. The number of nitrogens with zero attached hydrogens (tertiary/aromatic N) is 3. The zero-order valence-corrected chi connectivity index (χ0v) is 13.3. The van der Waals surface area contributed by atoms with Crippen LogP contribution in [0.2, 0.25) is 5.02 Å². The van der Waals surface area contributed by atoms with E-state index in [0.29, 0.717) is 6.04 Å². The first-order chi connectivity index (χ1) is 10.1. The summed E-state index contributed by atoms with van der Waals surface area (Å²) >= 11 is 5.92. The molecule has 2 aliphatic rings. The Morgan fingerprint density at radius 1 is 1.10 bits per heavy atom. The summed E-state index contributed by atoms with van der Waals surface area (Å²) < 4.78 is 0. The smallest absolute Gasteiger partial charge is 0.0834 e. The molecule has 2 heterocycles. The molecule has 5 heteroatoms. The largest absolute Gasteiger partial charge is 0.390 e. The van der Waals surface area contributed by atoms with Gasteiger partial charge in [-0.1, -0.05) is 23.7 Å². The average molecular weight is 310 g/mol. The molecule has 0 bridgehead atoms. The molecule has 1 N–H and O–H groups in total. The third kappa shape index (κ3) is 3.76.